The summed E-state index contributed by atoms with van der Waals surface area (Å²) in [6.07, 6.45) is -0.650. The van der Waals surface area contributed by atoms with Crippen molar-refractivity contribution in [3.05, 3.63) is 102 Å². The lowest BCUT2D eigenvalue weighted by Crippen LogP contribution is -2.30. The second-order valence-electron chi connectivity index (χ2n) is 7.58. The summed E-state index contributed by atoms with van der Waals surface area (Å²) >= 11 is 0. The molecule has 0 saturated carbocycles. The molecule has 154 valence electrons. The van der Waals surface area contributed by atoms with Gasteiger partial charge in [-0.1, -0.05) is 42.5 Å². The minimum absolute atomic E-state index is 0.0521. The third kappa shape index (κ3) is 3.30. The predicted molar refractivity (Wildman–Crippen MR) is 121 cm³/mol. The van der Waals surface area contributed by atoms with Gasteiger partial charge >= 0.3 is 0 Å². The molecule has 1 aliphatic rings. The van der Waals surface area contributed by atoms with Gasteiger partial charge in [0.25, 0.3) is 0 Å². The number of ketones is 1. The molecule has 0 N–H and O–H groups in total. The predicted octanol–water partition coefficient (Wildman–Crippen LogP) is 5.63. The molecule has 0 spiro atoms. The van der Waals surface area contributed by atoms with E-state index in [1.165, 1.54) is 0 Å². The topological polar surface area (TPSA) is 44.8 Å². The molecule has 0 saturated heterocycles. The van der Waals surface area contributed by atoms with Crippen LogP contribution in [0.3, 0.4) is 0 Å². The Morgan fingerprint density at radius 2 is 1.42 bits per heavy atom. The van der Waals surface area contributed by atoms with Crippen molar-refractivity contribution >= 4 is 16.6 Å². The smallest absolute Gasteiger partial charge is 0.204 e. The molecule has 1 aliphatic heterocycles. The molecule has 4 aromatic carbocycles. The Kier molecular flexibility index (Phi) is 4.83. The minimum atomic E-state index is -0.650. The van der Waals surface area contributed by atoms with Gasteiger partial charge in [0, 0.05) is 11.1 Å². The van der Waals surface area contributed by atoms with Crippen LogP contribution in [-0.2, 0) is 0 Å². The highest BCUT2D eigenvalue weighted by molar-refractivity contribution is 6.02. The summed E-state index contributed by atoms with van der Waals surface area (Å²) in [7, 11) is 3.25. The molecule has 4 heteroatoms. The first kappa shape index (κ1) is 19.2. The lowest BCUT2D eigenvalue weighted by molar-refractivity contribution is 0.0806. The van der Waals surface area contributed by atoms with Gasteiger partial charge < -0.3 is 14.2 Å². The van der Waals surface area contributed by atoms with E-state index in [-0.39, 0.29) is 11.7 Å². The monoisotopic (exact) mass is 410 g/mol. The van der Waals surface area contributed by atoms with Gasteiger partial charge in [-0.05, 0) is 58.8 Å². The second-order valence-corrected chi connectivity index (χ2v) is 7.58. The van der Waals surface area contributed by atoms with Crippen LogP contribution in [-0.4, -0.2) is 26.1 Å². The van der Waals surface area contributed by atoms with Gasteiger partial charge in [0.2, 0.25) is 5.78 Å². The molecule has 0 aliphatic carbocycles. The van der Waals surface area contributed by atoms with Crippen LogP contribution in [0.15, 0.2) is 84.9 Å². The van der Waals surface area contributed by atoms with E-state index in [4.69, 9.17) is 14.2 Å². The normalized spacial score (nSPS) is 17.1. The van der Waals surface area contributed by atoms with Crippen molar-refractivity contribution in [3.8, 4) is 17.2 Å². The lowest BCUT2D eigenvalue weighted by atomic mass is 9.83. The SMILES string of the molecule is COc1ccc(C(=O)[C@@H]2Oc3ccc4ccccc4c3[C@H]2c2ccc(OC)cc2)cc1. The lowest BCUT2D eigenvalue weighted by Gasteiger charge is -2.20. The maximum Gasteiger partial charge on any atom is 0.204 e. The molecule has 0 fully saturated rings. The van der Waals surface area contributed by atoms with E-state index in [2.05, 4.69) is 12.1 Å². The highest BCUT2D eigenvalue weighted by Gasteiger charge is 2.41. The molecule has 5 rings (SSSR count). The van der Waals surface area contributed by atoms with E-state index in [9.17, 15) is 4.79 Å². The Labute approximate surface area is 181 Å². The standard InChI is InChI=1S/C27H22O4/c1-29-20-12-7-18(8-13-20)24-25-22-6-4-3-5-17(22)11-16-23(25)31-27(24)26(28)19-9-14-21(30-2)15-10-19/h3-16,24,27H,1-2H3/t24-,27-/m1/s1. The van der Waals surface area contributed by atoms with Gasteiger partial charge in [0.05, 0.1) is 20.1 Å². The van der Waals surface area contributed by atoms with Crippen molar-refractivity contribution in [2.45, 2.75) is 12.0 Å². The van der Waals surface area contributed by atoms with E-state index in [0.29, 0.717) is 11.3 Å². The first-order valence-electron chi connectivity index (χ1n) is 10.2. The van der Waals surface area contributed by atoms with Gasteiger partial charge in [-0.2, -0.15) is 0 Å². The molecule has 4 nitrogen and oxygen atoms in total. The van der Waals surface area contributed by atoms with Crippen LogP contribution in [0.1, 0.15) is 27.4 Å². The number of benzene rings is 4. The zero-order valence-electron chi connectivity index (χ0n) is 17.4. The Bertz CT molecular complexity index is 1240. The number of ether oxygens (including phenoxy) is 3. The molecular formula is C27H22O4. The van der Waals surface area contributed by atoms with E-state index in [1.54, 1.807) is 38.5 Å². The maximum absolute atomic E-state index is 13.6. The highest BCUT2D eigenvalue weighted by Crippen LogP contribution is 2.47. The van der Waals surface area contributed by atoms with Crippen molar-refractivity contribution in [2.24, 2.45) is 0 Å². The number of rotatable bonds is 5. The number of fused-ring (bicyclic) bond motifs is 3. The van der Waals surface area contributed by atoms with Crippen molar-refractivity contribution in [3.63, 3.8) is 0 Å². The van der Waals surface area contributed by atoms with Gasteiger partial charge in [-0.25, -0.2) is 0 Å². The Morgan fingerprint density at radius 1 is 0.774 bits per heavy atom. The number of carbonyl (C=O) groups is 1. The number of hydrogen-bond acceptors (Lipinski definition) is 4. The molecule has 0 amide bonds. The highest BCUT2D eigenvalue weighted by atomic mass is 16.5. The van der Waals surface area contributed by atoms with Crippen molar-refractivity contribution in [1.82, 2.24) is 0 Å². The van der Waals surface area contributed by atoms with Crippen LogP contribution in [0.4, 0.5) is 0 Å². The fourth-order valence-corrected chi connectivity index (χ4v) is 4.33. The second kappa shape index (κ2) is 7.80. The number of Topliss-reactive ketones (excluding diaryl/α,β-unsaturated/α-hetero) is 1. The summed E-state index contributed by atoms with van der Waals surface area (Å²) < 4.78 is 16.9. The molecule has 1 heterocycles. The summed E-state index contributed by atoms with van der Waals surface area (Å²) in [5.41, 5.74) is 2.67. The van der Waals surface area contributed by atoms with Crippen LogP contribution in [0.5, 0.6) is 17.2 Å². The number of hydrogen-bond donors (Lipinski definition) is 0. The summed E-state index contributed by atoms with van der Waals surface area (Å²) in [6.45, 7) is 0. The fourth-order valence-electron chi connectivity index (χ4n) is 4.33. The quantitative estimate of drug-likeness (QED) is 0.400. The van der Waals surface area contributed by atoms with Gasteiger partial charge in [0.1, 0.15) is 17.2 Å². The third-order valence-corrected chi connectivity index (χ3v) is 5.91. The van der Waals surface area contributed by atoms with Crippen LogP contribution in [0.2, 0.25) is 0 Å². The van der Waals surface area contributed by atoms with Crippen molar-refractivity contribution in [1.29, 1.82) is 0 Å². The van der Waals surface area contributed by atoms with Crippen LogP contribution in [0.25, 0.3) is 10.8 Å². The summed E-state index contributed by atoms with van der Waals surface area (Å²) in [4.78, 5) is 13.6. The van der Waals surface area contributed by atoms with Crippen LogP contribution < -0.4 is 14.2 Å². The van der Waals surface area contributed by atoms with Gasteiger partial charge in [0.15, 0.2) is 6.10 Å². The van der Waals surface area contributed by atoms with E-state index < -0.39 is 6.10 Å². The Morgan fingerprint density at radius 3 is 2.10 bits per heavy atom. The first-order chi connectivity index (χ1) is 15.2. The average molecular weight is 410 g/mol. The van der Waals surface area contributed by atoms with Crippen LogP contribution >= 0.6 is 0 Å². The number of methoxy groups -OCH3 is 2. The molecule has 2 atom stereocenters. The summed E-state index contributed by atoms with van der Waals surface area (Å²) in [6, 6.07) is 27.3. The van der Waals surface area contributed by atoms with Crippen molar-refractivity contribution < 1.29 is 19.0 Å². The largest absolute Gasteiger partial charge is 0.497 e. The zero-order chi connectivity index (χ0) is 21.4. The van der Waals surface area contributed by atoms with Crippen molar-refractivity contribution in [2.75, 3.05) is 14.2 Å². The fraction of sp³-hybridized carbons (Fsp3) is 0.148. The van der Waals surface area contributed by atoms with Gasteiger partial charge in [-0.15, -0.1) is 0 Å². The molecule has 31 heavy (non-hydrogen) atoms. The molecule has 0 unspecified atom stereocenters. The summed E-state index contributed by atoms with van der Waals surface area (Å²) in [5.74, 6) is 1.97. The first-order valence-corrected chi connectivity index (χ1v) is 10.2. The Hall–Kier alpha value is -3.79. The third-order valence-electron chi connectivity index (χ3n) is 5.91. The van der Waals surface area contributed by atoms with E-state index in [1.807, 2.05) is 48.5 Å². The van der Waals surface area contributed by atoms with E-state index in [0.717, 1.165) is 33.4 Å². The minimum Gasteiger partial charge on any atom is -0.497 e. The maximum atomic E-state index is 13.6. The van der Waals surface area contributed by atoms with E-state index >= 15 is 0 Å². The molecule has 4 aromatic rings. The molecule has 0 radical (unpaired) electrons. The van der Waals surface area contributed by atoms with Crippen LogP contribution in [0, 0.1) is 0 Å². The Balaban J connectivity index is 1.64. The zero-order valence-corrected chi connectivity index (χ0v) is 17.4. The number of carbonyl (C=O) groups excluding carboxylic acids is 1. The molecular weight excluding hydrogens is 388 g/mol. The molecule has 0 bridgehead atoms. The molecule has 0 aromatic heterocycles. The summed E-state index contributed by atoms with van der Waals surface area (Å²) in [5, 5.41) is 2.23. The average Bonchev–Trinajstić information content (AvgIpc) is 3.24. The van der Waals surface area contributed by atoms with Gasteiger partial charge in [-0.3, -0.25) is 4.79 Å².